The molecule has 8 heteroatoms. The summed E-state index contributed by atoms with van der Waals surface area (Å²) < 4.78 is 0. The molecule has 0 atom stereocenters. The number of amides is 1. The van der Waals surface area contributed by atoms with Gasteiger partial charge in [0.15, 0.2) is 0 Å². The van der Waals surface area contributed by atoms with E-state index in [-0.39, 0.29) is 17.3 Å². The summed E-state index contributed by atoms with van der Waals surface area (Å²) in [5, 5.41) is 18.0. The Bertz CT molecular complexity index is 867. The van der Waals surface area contributed by atoms with Crippen LogP contribution in [-0.4, -0.2) is 16.9 Å². The van der Waals surface area contributed by atoms with E-state index in [9.17, 15) is 14.9 Å². The number of non-ortho nitro benzene ring substituents is 1. The fraction of sp³-hybridized carbons (Fsp3) is 0.316. The van der Waals surface area contributed by atoms with Gasteiger partial charge in [-0.25, -0.2) is 0 Å². The van der Waals surface area contributed by atoms with Crippen molar-refractivity contribution in [2.45, 2.75) is 38.1 Å². The van der Waals surface area contributed by atoms with E-state index in [1.165, 1.54) is 24.6 Å². The molecule has 1 aliphatic rings. The molecule has 0 aliphatic heterocycles. The van der Waals surface area contributed by atoms with Gasteiger partial charge in [-0.2, -0.15) is 0 Å². The maximum atomic E-state index is 12.8. The van der Waals surface area contributed by atoms with Crippen molar-refractivity contribution in [1.82, 2.24) is 0 Å². The second-order valence-corrected chi connectivity index (χ2v) is 7.39. The van der Waals surface area contributed by atoms with Gasteiger partial charge in [-0.05, 0) is 37.1 Å². The highest BCUT2D eigenvalue weighted by Crippen LogP contribution is 2.30. The van der Waals surface area contributed by atoms with E-state index < -0.39 is 10.8 Å². The van der Waals surface area contributed by atoms with E-state index in [1.54, 1.807) is 18.2 Å². The van der Waals surface area contributed by atoms with Gasteiger partial charge in [0.05, 0.1) is 21.2 Å². The van der Waals surface area contributed by atoms with Crippen LogP contribution in [-0.2, 0) is 0 Å². The fourth-order valence-corrected chi connectivity index (χ4v) is 3.55. The Hall–Kier alpha value is -2.31. The van der Waals surface area contributed by atoms with Crippen LogP contribution in [0.5, 0.6) is 0 Å². The molecular weight excluding hydrogens is 389 g/mol. The first-order valence-electron chi connectivity index (χ1n) is 8.75. The molecule has 2 aromatic carbocycles. The van der Waals surface area contributed by atoms with Gasteiger partial charge in [0.2, 0.25) is 0 Å². The van der Waals surface area contributed by atoms with Crippen LogP contribution in [0.4, 0.5) is 17.1 Å². The summed E-state index contributed by atoms with van der Waals surface area (Å²) in [6.45, 7) is 0. The number of nitrogens with zero attached hydrogens (tertiary/aromatic N) is 1. The minimum Gasteiger partial charge on any atom is -0.382 e. The number of halogens is 2. The number of nitro benzene ring substituents is 1. The molecule has 2 N–H and O–H groups in total. The third-order valence-electron chi connectivity index (χ3n) is 4.60. The van der Waals surface area contributed by atoms with Crippen molar-refractivity contribution in [1.29, 1.82) is 0 Å². The molecule has 0 saturated heterocycles. The second-order valence-electron chi connectivity index (χ2n) is 6.54. The Morgan fingerprint density at radius 3 is 2.48 bits per heavy atom. The molecule has 0 heterocycles. The summed E-state index contributed by atoms with van der Waals surface area (Å²) in [6.07, 6.45) is 5.49. The molecule has 6 nitrogen and oxygen atoms in total. The molecule has 0 bridgehead atoms. The zero-order valence-electron chi connectivity index (χ0n) is 14.5. The molecule has 1 saturated carbocycles. The van der Waals surface area contributed by atoms with Crippen LogP contribution in [0.25, 0.3) is 0 Å². The smallest absolute Gasteiger partial charge is 0.270 e. The number of nitrogens with one attached hydrogen (secondary N) is 2. The van der Waals surface area contributed by atoms with Crippen LogP contribution in [0.2, 0.25) is 10.0 Å². The Labute approximate surface area is 167 Å². The van der Waals surface area contributed by atoms with Gasteiger partial charge in [-0.15, -0.1) is 0 Å². The first-order valence-corrected chi connectivity index (χ1v) is 9.51. The Kier molecular flexibility index (Phi) is 6.19. The molecule has 0 aromatic heterocycles. The zero-order chi connectivity index (χ0) is 19.4. The van der Waals surface area contributed by atoms with Crippen molar-refractivity contribution in [2.75, 3.05) is 10.6 Å². The van der Waals surface area contributed by atoms with Gasteiger partial charge >= 0.3 is 0 Å². The first kappa shape index (κ1) is 19.5. The summed E-state index contributed by atoms with van der Waals surface area (Å²) >= 11 is 12.1. The monoisotopic (exact) mass is 407 g/mol. The number of carbonyl (C=O) groups excluding carboxylic acids is 1. The van der Waals surface area contributed by atoms with Gasteiger partial charge in [0.25, 0.3) is 11.6 Å². The Balaban J connectivity index is 1.90. The van der Waals surface area contributed by atoms with Crippen LogP contribution in [0.15, 0.2) is 36.4 Å². The summed E-state index contributed by atoms with van der Waals surface area (Å²) in [6, 6.07) is 9.24. The number of rotatable bonds is 5. The number of carbonyl (C=O) groups is 1. The zero-order valence-corrected chi connectivity index (χ0v) is 16.0. The molecule has 142 valence electrons. The van der Waals surface area contributed by atoms with Crippen LogP contribution in [0.3, 0.4) is 0 Å². The minimum atomic E-state index is -0.520. The van der Waals surface area contributed by atoms with Gasteiger partial charge in [0.1, 0.15) is 0 Å². The Morgan fingerprint density at radius 2 is 1.78 bits per heavy atom. The molecular formula is C19H19Cl2N3O3. The SMILES string of the molecule is O=C(Nc1cc(Cl)ccc1Cl)c1cc([N+](=O)[O-])ccc1NC1CCCCC1. The first-order chi connectivity index (χ1) is 12.9. The summed E-state index contributed by atoms with van der Waals surface area (Å²) in [4.78, 5) is 23.5. The molecule has 1 amide bonds. The van der Waals surface area contributed by atoms with E-state index in [1.807, 2.05) is 0 Å². The minimum absolute atomic E-state index is 0.147. The molecule has 3 rings (SSSR count). The number of benzene rings is 2. The topological polar surface area (TPSA) is 84.3 Å². The molecule has 1 aliphatic carbocycles. The van der Waals surface area contributed by atoms with Crippen molar-refractivity contribution >= 4 is 46.2 Å². The number of anilines is 2. The van der Waals surface area contributed by atoms with Gasteiger partial charge in [-0.1, -0.05) is 42.5 Å². The van der Waals surface area contributed by atoms with Crippen LogP contribution in [0.1, 0.15) is 42.5 Å². The largest absolute Gasteiger partial charge is 0.382 e. The number of nitro groups is 1. The van der Waals surface area contributed by atoms with Gasteiger partial charge < -0.3 is 10.6 Å². The lowest BCUT2D eigenvalue weighted by atomic mass is 9.95. The van der Waals surface area contributed by atoms with E-state index in [0.29, 0.717) is 21.4 Å². The maximum Gasteiger partial charge on any atom is 0.270 e. The molecule has 0 radical (unpaired) electrons. The van der Waals surface area contributed by atoms with Crippen LogP contribution in [0, 0.1) is 10.1 Å². The van der Waals surface area contributed by atoms with Crippen molar-refractivity contribution < 1.29 is 9.72 Å². The third-order valence-corrected chi connectivity index (χ3v) is 5.16. The maximum absolute atomic E-state index is 12.8. The predicted molar refractivity (Wildman–Crippen MR) is 108 cm³/mol. The molecule has 0 unspecified atom stereocenters. The van der Waals surface area contributed by atoms with E-state index in [2.05, 4.69) is 10.6 Å². The second kappa shape index (κ2) is 8.59. The normalized spacial score (nSPS) is 14.6. The third kappa shape index (κ3) is 4.90. The Morgan fingerprint density at radius 1 is 1.04 bits per heavy atom. The highest BCUT2D eigenvalue weighted by molar-refractivity contribution is 6.36. The fourth-order valence-electron chi connectivity index (χ4n) is 3.21. The quantitative estimate of drug-likeness (QED) is 0.477. The predicted octanol–water partition coefficient (Wildman–Crippen LogP) is 5.90. The van der Waals surface area contributed by atoms with Crippen molar-refractivity contribution in [3.63, 3.8) is 0 Å². The molecule has 27 heavy (non-hydrogen) atoms. The van der Waals surface area contributed by atoms with Crippen molar-refractivity contribution in [2.24, 2.45) is 0 Å². The standard InChI is InChI=1S/C19H19Cl2N3O3/c20-12-6-8-16(21)18(10-12)23-19(25)15-11-14(24(26)27)7-9-17(15)22-13-4-2-1-3-5-13/h6-11,13,22H,1-5H2,(H,23,25). The van der Waals surface area contributed by atoms with E-state index in [4.69, 9.17) is 23.2 Å². The summed E-state index contributed by atoms with van der Waals surface area (Å²) in [7, 11) is 0. The number of hydrogen-bond acceptors (Lipinski definition) is 4. The van der Waals surface area contributed by atoms with Gasteiger partial charge in [-0.3, -0.25) is 14.9 Å². The van der Waals surface area contributed by atoms with E-state index >= 15 is 0 Å². The lowest BCUT2D eigenvalue weighted by Gasteiger charge is -2.25. The van der Waals surface area contributed by atoms with Gasteiger partial charge in [0, 0.05) is 28.9 Å². The average molecular weight is 408 g/mol. The highest BCUT2D eigenvalue weighted by atomic mass is 35.5. The lowest BCUT2D eigenvalue weighted by Crippen LogP contribution is -2.24. The molecule has 2 aromatic rings. The van der Waals surface area contributed by atoms with E-state index in [0.717, 1.165) is 25.7 Å². The lowest BCUT2D eigenvalue weighted by molar-refractivity contribution is -0.384. The summed E-state index contributed by atoms with van der Waals surface area (Å²) in [5.74, 6) is -0.485. The van der Waals surface area contributed by atoms with Crippen molar-refractivity contribution in [3.8, 4) is 0 Å². The van der Waals surface area contributed by atoms with Crippen LogP contribution < -0.4 is 10.6 Å². The molecule has 1 fully saturated rings. The van der Waals surface area contributed by atoms with Crippen molar-refractivity contribution in [3.05, 3.63) is 62.1 Å². The average Bonchev–Trinajstić information content (AvgIpc) is 2.65. The highest BCUT2D eigenvalue weighted by Gasteiger charge is 2.21. The van der Waals surface area contributed by atoms with Crippen LogP contribution >= 0.6 is 23.2 Å². The summed E-state index contributed by atoms with van der Waals surface area (Å²) in [5.41, 5.74) is 0.977. The molecule has 0 spiro atoms. The number of hydrogen-bond donors (Lipinski definition) is 2.